The molecular weight excluding hydrogens is 291 g/mol. The van der Waals surface area contributed by atoms with Crippen LogP contribution in [0, 0.1) is 5.92 Å². The maximum absolute atomic E-state index is 11.1. The third-order valence-electron chi connectivity index (χ3n) is 3.14. The van der Waals surface area contributed by atoms with E-state index in [2.05, 4.69) is 0 Å². The first-order valence-electron chi connectivity index (χ1n) is 6.20. The monoisotopic (exact) mass is 310 g/mol. The number of ether oxygens (including phenoxy) is 1. The van der Waals surface area contributed by atoms with Crippen molar-refractivity contribution in [2.75, 3.05) is 12.8 Å². The SMILES string of the molecule is O=C(O)CCC(CP(O)(=S)C1CCCCO1)C(=O)O. The van der Waals surface area contributed by atoms with Gasteiger partial charge in [0.25, 0.3) is 0 Å². The molecule has 3 atom stereocenters. The molecule has 0 aliphatic carbocycles. The van der Waals surface area contributed by atoms with Crippen LogP contribution >= 0.6 is 6.26 Å². The average molecular weight is 310 g/mol. The lowest BCUT2D eigenvalue weighted by Gasteiger charge is -2.31. The molecule has 8 heteroatoms. The quantitative estimate of drug-likeness (QED) is 0.612. The van der Waals surface area contributed by atoms with E-state index in [1.165, 1.54) is 0 Å². The Bertz CT molecular complexity index is 379. The lowest BCUT2D eigenvalue weighted by molar-refractivity contribution is -0.142. The molecule has 3 N–H and O–H groups in total. The molecule has 3 unspecified atom stereocenters. The van der Waals surface area contributed by atoms with E-state index in [4.69, 9.17) is 26.8 Å². The fourth-order valence-electron chi connectivity index (χ4n) is 2.07. The second-order valence-electron chi connectivity index (χ2n) is 4.73. The number of carbonyl (C=O) groups is 2. The molecule has 0 aromatic rings. The third-order valence-corrected chi connectivity index (χ3v) is 6.57. The fraction of sp³-hybridized carbons (Fsp3) is 0.818. The molecule has 0 spiro atoms. The Hall–Kier alpha value is -0.490. The highest BCUT2D eigenvalue weighted by Crippen LogP contribution is 2.52. The second kappa shape index (κ2) is 7.33. The minimum atomic E-state index is -2.90. The zero-order chi connectivity index (χ0) is 14.5. The maximum atomic E-state index is 11.1. The van der Waals surface area contributed by atoms with Gasteiger partial charge in [-0.25, -0.2) is 0 Å². The highest BCUT2D eigenvalue weighted by atomic mass is 32.4. The Morgan fingerprint density at radius 2 is 2.05 bits per heavy atom. The number of hydrogen-bond acceptors (Lipinski definition) is 4. The summed E-state index contributed by atoms with van der Waals surface area (Å²) in [6, 6.07) is 0. The minimum Gasteiger partial charge on any atom is -0.481 e. The zero-order valence-corrected chi connectivity index (χ0v) is 12.2. The number of rotatable bonds is 7. The van der Waals surface area contributed by atoms with Gasteiger partial charge < -0.3 is 19.8 Å². The van der Waals surface area contributed by atoms with Gasteiger partial charge in [-0.05, 0) is 25.7 Å². The van der Waals surface area contributed by atoms with Gasteiger partial charge in [0.2, 0.25) is 0 Å². The van der Waals surface area contributed by atoms with Gasteiger partial charge in [0.05, 0.1) is 12.2 Å². The van der Waals surface area contributed by atoms with Crippen molar-refractivity contribution in [3.05, 3.63) is 0 Å². The van der Waals surface area contributed by atoms with E-state index in [9.17, 15) is 14.5 Å². The highest BCUT2D eigenvalue weighted by Gasteiger charge is 2.34. The van der Waals surface area contributed by atoms with Crippen LogP contribution in [-0.4, -0.2) is 45.7 Å². The molecule has 0 aromatic carbocycles. The van der Waals surface area contributed by atoms with Crippen molar-refractivity contribution in [1.82, 2.24) is 0 Å². The van der Waals surface area contributed by atoms with Gasteiger partial charge in [-0.1, -0.05) is 11.8 Å². The number of hydrogen-bond donors (Lipinski definition) is 3. The van der Waals surface area contributed by atoms with E-state index < -0.39 is 30.0 Å². The van der Waals surface area contributed by atoms with Crippen molar-refractivity contribution < 1.29 is 29.4 Å². The second-order valence-corrected chi connectivity index (χ2v) is 9.08. The first-order chi connectivity index (χ1) is 8.83. The van der Waals surface area contributed by atoms with E-state index in [0.717, 1.165) is 12.8 Å². The van der Waals surface area contributed by atoms with E-state index in [-0.39, 0.29) is 19.0 Å². The van der Waals surface area contributed by atoms with E-state index in [0.29, 0.717) is 13.0 Å². The predicted molar refractivity (Wildman–Crippen MR) is 73.0 cm³/mol. The minimum absolute atomic E-state index is 0.0175. The maximum Gasteiger partial charge on any atom is 0.306 e. The molecule has 0 radical (unpaired) electrons. The van der Waals surface area contributed by atoms with Crippen LogP contribution in [-0.2, 0) is 26.1 Å². The topological polar surface area (TPSA) is 104 Å². The molecule has 0 saturated carbocycles. The first-order valence-corrected chi connectivity index (χ1v) is 9.21. The normalized spacial score (nSPS) is 24.4. The Kier molecular flexibility index (Phi) is 6.39. The average Bonchev–Trinajstić information content (AvgIpc) is 2.35. The molecular formula is C11H19O6PS. The van der Waals surface area contributed by atoms with Crippen LogP contribution in [0.25, 0.3) is 0 Å². The van der Waals surface area contributed by atoms with Gasteiger partial charge in [-0.3, -0.25) is 9.59 Å². The van der Waals surface area contributed by atoms with Gasteiger partial charge in [-0.15, -0.1) is 0 Å². The summed E-state index contributed by atoms with van der Waals surface area (Å²) in [4.78, 5) is 31.9. The summed E-state index contributed by atoms with van der Waals surface area (Å²) in [5.74, 6) is -3.52. The smallest absolute Gasteiger partial charge is 0.306 e. The lowest BCUT2D eigenvalue weighted by Crippen LogP contribution is -2.26. The van der Waals surface area contributed by atoms with E-state index >= 15 is 0 Å². The van der Waals surface area contributed by atoms with Crippen LogP contribution < -0.4 is 0 Å². The summed E-state index contributed by atoms with van der Waals surface area (Å²) < 4.78 is 5.43. The van der Waals surface area contributed by atoms with Gasteiger partial charge in [0.15, 0.2) is 0 Å². The summed E-state index contributed by atoms with van der Waals surface area (Å²) >= 11 is 5.17. The molecule has 1 heterocycles. The van der Waals surface area contributed by atoms with Crippen molar-refractivity contribution >= 4 is 30.0 Å². The molecule has 0 amide bonds. The highest BCUT2D eigenvalue weighted by molar-refractivity contribution is 8.12. The molecule has 19 heavy (non-hydrogen) atoms. The van der Waals surface area contributed by atoms with E-state index in [1.54, 1.807) is 0 Å². The molecule has 1 aliphatic heterocycles. The largest absolute Gasteiger partial charge is 0.481 e. The number of carboxylic acid groups (broad SMARTS) is 2. The van der Waals surface area contributed by atoms with E-state index in [1.807, 2.05) is 0 Å². The molecule has 0 aromatic heterocycles. The standard InChI is InChI=1S/C11H19O6PS/c12-9(13)5-4-8(11(14)15)7-18(16,19)10-3-1-2-6-17-10/h8,10H,1-7H2,(H,12,13)(H,14,15)(H,16,19). The molecule has 1 rings (SSSR count). The van der Waals surface area contributed by atoms with Crippen LogP contribution in [0.5, 0.6) is 0 Å². The van der Waals surface area contributed by atoms with Crippen LogP contribution in [0.3, 0.4) is 0 Å². The Morgan fingerprint density at radius 1 is 1.37 bits per heavy atom. The van der Waals surface area contributed by atoms with Crippen molar-refractivity contribution in [3.8, 4) is 0 Å². The van der Waals surface area contributed by atoms with Gasteiger partial charge in [0.1, 0.15) is 5.85 Å². The summed E-state index contributed by atoms with van der Waals surface area (Å²) in [5, 5.41) is 17.7. The molecule has 110 valence electrons. The van der Waals surface area contributed by atoms with Crippen LogP contribution in [0.4, 0.5) is 0 Å². The first kappa shape index (κ1) is 16.6. The van der Waals surface area contributed by atoms with Gasteiger partial charge >= 0.3 is 11.9 Å². The molecule has 1 saturated heterocycles. The lowest BCUT2D eigenvalue weighted by atomic mass is 10.1. The predicted octanol–water partition coefficient (Wildman–Crippen LogP) is 1.47. The number of aliphatic carboxylic acids is 2. The van der Waals surface area contributed by atoms with Gasteiger partial charge in [-0.2, -0.15) is 0 Å². The van der Waals surface area contributed by atoms with Crippen molar-refractivity contribution in [2.24, 2.45) is 5.92 Å². The summed E-state index contributed by atoms with van der Waals surface area (Å²) in [7, 11) is 0. The summed E-state index contributed by atoms with van der Waals surface area (Å²) in [6.07, 6.45) is -0.727. The third kappa shape index (κ3) is 5.57. The number of carboxylic acids is 2. The fourth-order valence-corrected chi connectivity index (χ4v) is 5.23. The molecule has 0 bridgehead atoms. The van der Waals surface area contributed by atoms with Crippen LogP contribution in [0.2, 0.25) is 0 Å². The van der Waals surface area contributed by atoms with Crippen molar-refractivity contribution in [2.45, 2.75) is 37.9 Å². The summed E-state index contributed by atoms with van der Waals surface area (Å²) in [5.41, 5.74) is 0. The Morgan fingerprint density at radius 3 is 2.53 bits per heavy atom. The van der Waals surface area contributed by atoms with Crippen molar-refractivity contribution in [3.63, 3.8) is 0 Å². The summed E-state index contributed by atoms with van der Waals surface area (Å²) in [6.45, 7) is 0.538. The van der Waals surface area contributed by atoms with Crippen LogP contribution in [0.1, 0.15) is 32.1 Å². The molecule has 1 aliphatic rings. The molecule has 6 nitrogen and oxygen atoms in total. The molecule has 1 fully saturated rings. The van der Waals surface area contributed by atoms with Crippen molar-refractivity contribution in [1.29, 1.82) is 0 Å². The Labute approximate surface area is 116 Å². The zero-order valence-electron chi connectivity index (χ0n) is 10.5. The Balaban J connectivity index is 2.62. The van der Waals surface area contributed by atoms with Gasteiger partial charge in [0, 0.05) is 19.2 Å². The van der Waals surface area contributed by atoms with Crippen LogP contribution in [0.15, 0.2) is 0 Å².